The van der Waals surface area contributed by atoms with E-state index >= 15 is 0 Å². The van der Waals surface area contributed by atoms with E-state index in [0.717, 1.165) is 0 Å². The van der Waals surface area contributed by atoms with Crippen LogP contribution in [0.4, 0.5) is 26.3 Å². The molecule has 0 saturated heterocycles. The highest BCUT2D eigenvalue weighted by Gasteiger charge is 2.60. The van der Waals surface area contributed by atoms with Crippen LogP contribution in [0.1, 0.15) is 40.0 Å². The molecular formula is C11H16F6O. The first-order valence-corrected chi connectivity index (χ1v) is 5.41. The number of Topliss-reactive ketones (excluding diaryl/α,β-unsaturated/α-hetero) is 1. The van der Waals surface area contributed by atoms with Gasteiger partial charge in [0.2, 0.25) is 5.92 Å². The molecule has 0 spiro atoms. The number of ketones is 1. The van der Waals surface area contributed by atoms with Gasteiger partial charge in [-0.25, -0.2) is 0 Å². The molecule has 0 unspecified atom stereocenters. The minimum Gasteiger partial charge on any atom is -0.299 e. The highest BCUT2D eigenvalue weighted by molar-refractivity contribution is 5.82. The lowest BCUT2D eigenvalue weighted by Gasteiger charge is -2.22. The van der Waals surface area contributed by atoms with Crippen molar-refractivity contribution in [2.24, 2.45) is 11.3 Å². The average Bonchev–Trinajstić information content (AvgIpc) is 1.93. The second-order valence-electron chi connectivity index (χ2n) is 5.40. The van der Waals surface area contributed by atoms with E-state index in [1.807, 2.05) is 0 Å². The van der Waals surface area contributed by atoms with Crippen LogP contribution in [0.5, 0.6) is 0 Å². The van der Waals surface area contributed by atoms with E-state index in [4.69, 9.17) is 0 Å². The van der Waals surface area contributed by atoms with Crippen molar-refractivity contribution in [3.63, 3.8) is 0 Å². The summed E-state index contributed by atoms with van der Waals surface area (Å²) in [6.45, 7) is 5.38. The maximum atomic E-state index is 12.2. The smallest absolute Gasteiger partial charge is 0.299 e. The second-order valence-corrected chi connectivity index (χ2v) is 5.40. The third-order valence-corrected chi connectivity index (χ3v) is 2.33. The summed E-state index contributed by atoms with van der Waals surface area (Å²) >= 11 is 0. The molecule has 0 aliphatic rings. The number of carbonyl (C=O) groups excluding carboxylic acids is 1. The van der Waals surface area contributed by atoms with Crippen molar-refractivity contribution in [2.75, 3.05) is 0 Å². The van der Waals surface area contributed by atoms with E-state index in [0.29, 0.717) is 6.42 Å². The molecule has 7 heteroatoms. The first-order chi connectivity index (χ1) is 7.75. The summed E-state index contributed by atoms with van der Waals surface area (Å²) in [5.74, 6) is -5.66. The Hall–Kier alpha value is -0.750. The van der Waals surface area contributed by atoms with Crippen LogP contribution in [0.25, 0.3) is 0 Å². The maximum absolute atomic E-state index is 12.2. The molecule has 108 valence electrons. The largest absolute Gasteiger partial charge is 0.407 e. The van der Waals surface area contributed by atoms with E-state index in [1.165, 1.54) is 0 Å². The lowest BCUT2D eigenvalue weighted by atomic mass is 9.88. The lowest BCUT2D eigenvalue weighted by Crippen LogP contribution is -2.42. The molecule has 0 fully saturated rings. The van der Waals surface area contributed by atoms with Gasteiger partial charge in [-0.05, 0) is 18.3 Å². The van der Waals surface area contributed by atoms with Gasteiger partial charge in [-0.15, -0.1) is 0 Å². The Morgan fingerprint density at radius 1 is 0.944 bits per heavy atom. The fourth-order valence-corrected chi connectivity index (χ4v) is 1.49. The van der Waals surface area contributed by atoms with Gasteiger partial charge < -0.3 is 0 Å². The van der Waals surface area contributed by atoms with Crippen molar-refractivity contribution < 1.29 is 31.1 Å². The van der Waals surface area contributed by atoms with Gasteiger partial charge in [0.05, 0.1) is 0 Å². The average molecular weight is 278 g/mol. The van der Waals surface area contributed by atoms with Crippen molar-refractivity contribution >= 4 is 5.78 Å². The number of hydrogen-bond acceptors (Lipinski definition) is 1. The second kappa shape index (κ2) is 5.48. The quantitative estimate of drug-likeness (QED) is 0.691. The van der Waals surface area contributed by atoms with Crippen molar-refractivity contribution in [3.05, 3.63) is 0 Å². The van der Waals surface area contributed by atoms with Gasteiger partial charge in [0.1, 0.15) is 0 Å². The van der Waals surface area contributed by atoms with Crippen molar-refractivity contribution in [2.45, 2.75) is 52.4 Å². The van der Waals surface area contributed by atoms with Gasteiger partial charge in [-0.1, -0.05) is 20.8 Å². The van der Waals surface area contributed by atoms with Gasteiger partial charge >= 0.3 is 12.4 Å². The molecule has 0 heterocycles. The van der Waals surface area contributed by atoms with Crippen LogP contribution < -0.4 is 0 Å². The van der Waals surface area contributed by atoms with E-state index in [-0.39, 0.29) is 11.8 Å². The van der Waals surface area contributed by atoms with Crippen LogP contribution in [0, 0.1) is 11.3 Å². The molecule has 1 nitrogen and oxygen atoms in total. The topological polar surface area (TPSA) is 17.1 Å². The molecule has 0 aromatic heterocycles. The minimum atomic E-state index is -5.57. The Bertz CT molecular complexity index is 269. The monoisotopic (exact) mass is 278 g/mol. The zero-order valence-electron chi connectivity index (χ0n) is 10.4. The predicted octanol–water partition coefficient (Wildman–Crippen LogP) is 4.51. The molecule has 0 aromatic rings. The number of alkyl halides is 6. The summed E-state index contributed by atoms with van der Waals surface area (Å²) in [7, 11) is 0. The highest BCUT2D eigenvalue weighted by atomic mass is 19.4. The molecule has 18 heavy (non-hydrogen) atoms. The summed E-state index contributed by atoms with van der Waals surface area (Å²) in [6.07, 6.45) is -11.4. The van der Waals surface area contributed by atoms with E-state index < -0.39 is 30.5 Å². The maximum Gasteiger partial charge on any atom is 0.407 e. The molecule has 0 bridgehead atoms. The van der Waals surface area contributed by atoms with Crippen LogP contribution in [0.15, 0.2) is 0 Å². The Morgan fingerprint density at radius 3 is 1.61 bits per heavy atom. The molecule has 0 atom stereocenters. The number of carbonyl (C=O) groups is 1. The Kier molecular flexibility index (Phi) is 5.26. The summed E-state index contributed by atoms with van der Waals surface area (Å²) in [4.78, 5) is 11.1. The van der Waals surface area contributed by atoms with Crippen LogP contribution >= 0.6 is 0 Å². The standard InChI is InChI=1S/C11H16F6O/c1-9(2,3)6-4-5-7(18)8(10(12,13)14)11(15,16)17/h8H,4-6H2,1-3H3. The third-order valence-electron chi connectivity index (χ3n) is 2.33. The van der Waals surface area contributed by atoms with Crippen molar-refractivity contribution in [3.8, 4) is 0 Å². The normalized spacial score (nSPS) is 14.1. The van der Waals surface area contributed by atoms with Gasteiger partial charge in [0, 0.05) is 6.42 Å². The number of halogens is 6. The Labute approximate surface area is 102 Å². The fraction of sp³-hybridized carbons (Fsp3) is 0.909. The zero-order chi connectivity index (χ0) is 14.8. The molecule has 0 radical (unpaired) electrons. The van der Waals surface area contributed by atoms with Crippen molar-refractivity contribution in [1.82, 2.24) is 0 Å². The molecule has 0 rings (SSSR count). The van der Waals surface area contributed by atoms with Gasteiger partial charge in [0.25, 0.3) is 0 Å². The molecular weight excluding hydrogens is 262 g/mol. The van der Waals surface area contributed by atoms with Crippen LogP contribution in [0.3, 0.4) is 0 Å². The zero-order valence-corrected chi connectivity index (χ0v) is 10.4. The highest BCUT2D eigenvalue weighted by Crippen LogP contribution is 2.40. The van der Waals surface area contributed by atoms with Gasteiger partial charge in [-0.2, -0.15) is 26.3 Å². The molecule has 0 N–H and O–H groups in total. The van der Waals surface area contributed by atoms with Crippen LogP contribution in [-0.4, -0.2) is 18.1 Å². The predicted molar refractivity (Wildman–Crippen MR) is 53.9 cm³/mol. The summed E-state index contributed by atoms with van der Waals surface area (Å²) in [6, 6.07) is 0. The number of rotatable bonds is 4. The third kappa shape index (κ3) is 6.26. The molecule has 0 aliphatic carbocycles. The first kappa shape index (κ1) is 17.2. The Morgan fingerprint density at radius 2 is 1.33 bits per heavy atom. The lowest BCUT2D eigenvalue weighted by molar-refractivity contribution is -0.273. The minimum absolute atomic E-state index is 0.0188. The van der Waals surface area contributed by atoms with Gasteiger partial charge in [0.15, 0.2) is 5.78 Å². The van der Waals surface area contributed by atoms with Gasteiger partial charge in [-0.3, -0.25) is 4.79 Å². The fourth-order valence-electron chi connectivity index (χ4n) is 1.49. The van der Waals surface area contributed by atoms with Crippen molar-refractivity contribution in [1.29, 1.82) is 0 Å². The summed E-state index contributed by atoms with van der Waals surface area (Å²) < 4.78 is 73.1. The molecule has 0 aliphatic heterocycles. The molecule has 0 amide bonds. The SMILES string of the molecule is CC(C)(C)CCCC(=O)C(C(F)(F)F)C(F)(F)F. The van der Waals surface area contributed by atoms with E-state index in [1.54, 1.807) is 20.8 Å². The molecule has 0 aromatic carbocycles. The van der Waals surface area contributed by atoms with Crippen LogP contribution in [0.2, 0.25) is 0 Å². The Balaban J connectivity index is 4.62. The first-order valence-electron chi connectivity index (χ1n) is 5.41. The summed E-state index contributed by atoms with van der Waals surface area (Å²) in [5, 5.41) is 0. The van der Waals surface area contributed by atoms with E-state index in [9.17, 15) is 31.1 Å². The van der Waals surface area contributed by atoms with Crippen LogP contribution in [-0.2, 0) is 4.79 Å². The molecule has 0 saturated carbocycles. The van der Waals surface area contributed by atoms with E-state index in [2.05, 4.69) is 0 Å². The number of hydrogen-bond donors (Lipinski definition) is 0. The summed E-state index contributed by atoms with van der Waals surface area (Å²) in [5.41, 5.74) is -0.230.